The molecule has 0 atom stereocenters. The summed E-state index contributed by atoms with van der Waals surface area (Å²) in [6.07, 6.45) is -0.0852. The molecule has 0 aliphatic carbocycles. The maximum Gasteiger partial charge on any atom is 0.337 e. The highest BCUT2D eigenvalue weighted by atomic mass is 79.9. The molecule has 1 N–H and O–H groups in total. The first-order chi connectivity index (χ1) is 12.0. The van der Waals surface area contributed by atoms with Crippen LogP contribution in [0.4, 0.5) is 4.39 Å². The first-order valence-corrected chi connectivity index (χ1v) is 9.01. The minimum atomic E-state index is -1.08. The third kappa shape index (κ3) is 3.86. The van der Waals surface area contributed by atoms with Crippen LogP contribution in [0, 0.1) is 5.82 Å². The van der Waals surface area contributed by atoms with Gasteiger partial charge in [0.1, 0.15) is 5.82 Å². The zero-order valence-electron chi connectivity index (χ0n) is 12.8. The average Bonchev–Trinajstić information content (AvgIpc) is 2.99. The summed E-state index contributed by atoms with van der Waals surface area (Å²) in [7, 11) is 0. The Morgan fingerprint density at radius 1 is 1.12 bits per heavy atom. The summed E-state index contributed by atoms with van der Waals surface area (Å²) in [4.78, 5) is 24.7. The summed E-state index contributed by atoms with van der Waals surface area (Å²) >= 11 is 4.63. The molecule has 0 radical (unpaired) electrons. The largest absolute Gasteiger partial charge is 0.478 e. The highest BCUT2D eigenvalue weighted by Crippen LogP contribution is 2.34. The van der Waals surface area contributed by atoms with Crippen molar-refractivity contribution >= 4 is 39.0 Å². The number of halogens is 2. The Morgan fingerprint density at radius 2 is 1.84 bits per heavy atom. The van der Waals surface area contributed by atoms with E-state index in [4.69, 9.17) is 0 Å². The zero-order valence-corrected chi connectivity index (χ0v) is 15.2. The Labute approximate surface area is 155 Å². The Hall–Kier alpha value is -2.31. The second kappa shape index (κ2) is 7.29. The van der Waals surface area contributed by atoms with Crippen LogP contribution in [0.3, 0.4) is 0 Å². The van der Waals surface area contributed by atoms with Crippen molar-refractivity contribution in [1.29, 1.82) is 0 Å². The van der Waals surface area contributed by atoms with E-state index in [1.54, 1.807) is 5.38 Å². The number of carbonyl (C=O) groups is 2. The third-order valence-corrected chi connectivity index (χ3v) is 5.29. The van der Waals surface area contributed by atoms with E-state index in [1.165, 1.54) is 29.5 Å². The molecule has 0 aliphatic heterocycles. The maximum atomic E-state index is 13.3. The number of aromatic carboxylic acids is 1. The van der Waals surface area contributed by atoms with Crippen molar-refractivity contribution in [3.63, 3.8) is 0 Å². The molecule has 0 bridgehead atoms. The van der Waals surface area contributed by atoms with E-state index in [9.17, 15) is 19.1 Å². The summed E-state index contributed by atoms with van der Waals surface area (Å²) < 4.78 is 14.2. The van der Waals surface area contributed by atoms with Crippen LogP contribution >= 0.6 is 27.3 Å². The number of carboxylic acid groups (broad SMARTS) is 1. The lowest BCUT2D eigenvalue weighted by Gasteiger charge is -2.04. The van der Waals surface area contributed by atoms with E-state index in [2.05, 4.69) is 15.9 Å². The van der Waals surface area contributed by atoms with Gasteiger partial charge in [0.05, 0.1) is 5.56 Å². The molecular weight excluding hydrogens is 407 g/mol. The van der Waals surface area contributed by atoms with Crippen LogP contribution in [-0.2, 0) is 6.42 Å². The van der Waals surface area contributed by atoms with Crippen molar-refractivity contribution in [3.8, 4) is 10.4 Å². The van der Waals surface area contributed by atoms with E-state index in [1.807, 2.05) is 24.3 Å². The molecule has 2 aromatic carbocycles. The number of thiophene rings is 1. The molecule has 0 saturated carbocycles. The van der Waals surface area contributed by atoms with E-state index in [-0.39, 0.29) is 23.3 Å². The fourth-order valence-corrected chi connectivity index (χ4v) is 3.84. The van der Waals surface area contributed by atoms with Gasteiger partial charge in [0.2, 0.25) is 0 Å². The number of hydrogen-bond donors (Lipinski definition) is 1. The molecule has 0 saturated heterocycles. The minimum absolute atomic E-state index is 0.0852. The van der Waals surface area contributed by atoms with E-state index >= 15 is 0 Å². The summed E-state index contributed by atoms with van der Waals surface area (Å²) in [6.45, 7) is 0. The third-order valence-electron chi connectivity index (χ3n) is 3.69. The monoisotopic (exact) mass is 418 g/mol. The van der Waals surface area contributed by atoms with Crippen molar-refractivity contribution in [2.24, 2.45) is 0 Å². The second-order valence-corrected chi connectivity index (χ2v) is 7.18. The molecule has 0 unspecified atom stereocenters. The molecule has 6 heteroatoms. The summed E-state index contributed by atoms with van der Waals surface area (Å²) in [5, 5.41) is 11.3. The molecule has 25 heavy (non-hydrogen) atoms. The summed E-state index contributed by atoms with van der Waals surface area (Å²) in [5.74, 6) is -1.89. The van der Waals surface area contributed by atoms with E-state index in [0.717, 1.165) is 16.1 Å². The van der Waals surface area contributed by atoms with Gasteiger partial charge in [-0.1, -0.05) is 40.2 Å². The lowest BCUT2D eigenvalue weighted by molar-refractivity contribution is 0.0697. The SMILES string of the molecule is O=C(Cc1csc(-c2ccc(Br)cc2)c1C(=O)O)c1cccc(F)c1. The Balaban J connectivity index is 1.96. The van der Waals surface area contributed by atoms with Gasteiger partial charge in [-0.3, -0.25) is 4.79 Å². The van der Waals surface area contributed by atoms with E-state index in [0.29, 0.717) is 10.4 Å². The van der Waals surface area contributed by atoms with E-state index < -0.39 is 11.8 Å². The van der Waals surface area contributed by atoms with Crippen LogP contribution in [-0.4, -0.2) is 16.9 Å². The fourth-order valence-electron chi connectivity index (χ4n) is 2.51. The number of rotatable bonds is 5. The topological polar surface area (TPSA) is 54.4 Å². The highest BCUT2D eigenvalue weighted by Gasteiger charge is 2.21. The molecule has 1 heterocycles. The molecular formula is C19H12BrFO3S. The molecule has 1 aromatic heterocycles. The van der Waals surface area contributed by atoms with Crippen molar-refractivity contribution in [1.82, 2.24) is 0 Å². The molecule has 126 valence electrons. The fraction of sp³-hybridized carbons (Fsp3) is 0.0526. The quantitative estimate of drug-likeness (QED) is 0.561. The van der Waals surface area contributed by atoms with Crippen LogP contribution in [0.15, 0.2) is 58.4 Å². The van der Waals surface area contributed by atoms with Gasteiger partial charge >= 0.3 is 5.97 Å². The number of benzene rings is 2. The second-order valence-electron chi connectivity index (χ2n) is 5.39. The molecule has 0 amide bonds. The molecule has 3 rings (SSSR count). The van der Waals surface area contributed by atoms with Crippen molar-refractivity contribution < 1.29 is 19.1 Å². The number of ketones is 1. The van der Waals surface area contributed by atoms with Gasteiger partial charge in [0.15, 0.2) is 5.78 Å². The predicted octanol–water partition coefficient (Wildman–Crippen LogP) is 5.44. The molecule has 3 aromatic rings. The Kier molecular flexibility index (Phi) is 5.11. The van der Waals surface area contributed by atoms with Gasteiger partial charge in [0.25, 0.3) is 0 Å². The number of Topliss-reactive ketones (excluding diaryl/α,β-unsaturated/α-hetero) is 1. The Bertz CT molecular complexity index is 948. The van der Waals surface area contributed by atoms with Crippen molar-refractivity contribution in [2.45, 2.75) is 6.42 Å². The number of carboxylic acids is 1. The normalized spacial score (nSPS) is 10.6. The van der Waals surface area contributed by atoms with Gasteiger partial charge in [-0.2, -0.15) is 0 Å². The lowest BCUT2D eigenvalue weighted by atomic mass is 9.99. The van der Waals surface area contributed by atoms with Crippen LogP contribution in [0.25, 0.3) is 10.4 Å². The molecule has 3 nitrogen and oxygen atoms in total. The first kappa shape index (κ1) is 17.5. The number of carbonyl (C=O) groups excluding carboxylic acids is 1. The number of hydrogen-bond acceptors (Lipinski definition) is 3. The smallest absolute Gasteiger partial charge is 0.337 e. The zero-order chi connectivity index (χ0) is 18.0. The van der Waals surface area contributed by atoms with Gasteiger partial charge in [0, 0.05) is 21.3 Å². The first-order valence-electron chi connectivity index (χ1n) is 7.34. The molecule has 0 aliphatic rings. The molecule has 0 spiro atoms. The standard InChI is InChI=1S/C19H12BrFO3S/c20-14-6-4-11(5-7-14)18-17(19(23)24)13(10-25-18)9-16(22)12-2-1-3-15(21)8-12/h1-8,10H,9H2,(H,23,24). The summed E-state index contributed by atoms with van der Waals surface area (Å²) in [5.41, 5.74) is 1.56. The highest BCUT2D eigenvalue weighted by molar-refractivity contribution is 9.10. The average molecular weight is 419 g/mol. The summed E-state index contributed by atoms with van der Waals surface area (Å²) in [6, 6.07) is 12.7. The van der Waals surface area contributed by atoms with Gasteiger partial charge in [-0.25, -0.2) is 9.18 Å². The van der Waals surface area contributed by atoms with Crippen molar-refractivity contribution in [2.75, 3.05) is 0 Å². The Morgan fingerprint density at radius 3 is 2.48 bits per heavy atom. The molecule has 0 fully saturated rings. The van der Waals surface area contributed by atoms with Gasteiger partial charge < -0.3 is 5.11 Å². The predicted molar refractivity (Wildman–Crippen MR) is 98.8 cm³/mol. The minimum Gasteiger partial charge on any atom is -0.478 e. The van der Waals surface area contributed by atoms with Gasteiger partial charge in [-0.05, 0) is 40.8 Å². The maximum absolute atomic E-state index is 13.3. The van der Waals surface area contributed by atoms with Crippen LogP contribution in [0.5, 0.6) is 0 Å². The van der Waals surface area contributed by atoms with Crippen molar-refractivity contribution in [3.05, 3.63) is 80.9 Å². The van der Waals surface area contributed by atoms with Crippen LogP contribution in [0.1, 0.15) is 26.3 Å². The van der Waals surface area contributed by atoms with Crippen LogP contribution < -0.4 is 0 Å². The van der Waals surface area contributed by atoms with Crippen LogP contribution in [0.2, 0.25) is 0 Å². The lowest BCUT2D eigenvalue weighted by Crippen LogP contribution is -2.08. The van der Waals surface area contributed by atoms with Gasteiger partial charge in [-0.15, -0.1) is 11.3 Å².